The van der Waals surface area contributed by atoms with E-state index in [4.69, 9.17) is 10.8 Å². The predicted octanol–water partition coefficient (Wildman–Crippen LogP) is 4.83. The lowest BCUT2D eigenvalue weighted by Gasteiger charge is -2.14. The number of nitrogens with zero attached hydrogens (tertiary/aromatic N) is 1. The van der Waals surface area contributed by atoms with Crippen molar-refractivity contribution in [2.45, 2.75) is 0 Å². The molecule has 0 atom stereocenters. The number of halogens is 1. The molecule has 4 aromatic rings. The molecule has 3 aromatic carbocycles. The van der Waals surface area contributed by atoms with Crippen LogP contribution in [0.1, 0.15) is 10.4 Å². The molecule has 0 aliphatic carbocycles. The van der Waals surface area contributed by atoms with Crippen LogP contribution in [-0.4, -0.2) is 16.1 Å². The van der Waals surface area contributed by atoms with Crippen molar-refractivity contribution in [2.75, 3.05) is 11.1 Å². The normalized spacial score (nSPS) is 10.5. The van der Waals surface area contributed by atoms with E-state index in [-0.39, 0.29) is 18.0 Å². The van der Waals surface area contributed by atoms with Crippen LogP contribution in [0.4, 0.5) is 17.1 Å². The third-order valence-corrected chi connectivity index (χ3v) is 4.11. The number of carboxylic acids is 1. The number of fused-ring (bicyclic) bond motifs is 2. The molecule has 5 nitrogen and oxygen atoms in total. The summed E-state index contributed by atoms with van der Waals surface area (Å²) in [4.78, 5) is 15.7. The second kappa shape index (κ2) is 6.90. The Balaban J connectivity index is 0.00000196. The summed E-state index contributed by atoms with van der Waals surface area (Å²) in [5.41, 5.74) is 10.2. The first kappa shape index (κ1) is 17.5. The molecule has 0 saturated carbocycles. The maximum Gasteiger partial charge on any atom is 0.335 e. The van der Waals surface area contributed by atoms with E-state index < -0.39 is 5.97 Å². The zero-order valence-electron chi connectivity index (χ0n) is 13.6. The third kappa shape index (κ3) is 3.12. The number of benzene rings is 3. The minimum Gasteiger partial charge on any atom is -0.478 e. The quantitative estimate of drug-likeness (QED) is 0.357. The molecule has 4 N–H and O–H groups in total. The molecule has 0 radical (unpaired) electrons. The van der Waals surface area contributed by atoms with Gasteiger partial charge in [0.25, 0.3) is 0 Å². The van der Waals surface area contributed by atoms with E-state index in [0.29, 0.717) is 5.69 Å². The van der Waals surface area contributed by atoms with Gasteiger partial charge < -0.3 is 16.2 Å². The fourth-order valence-corrected chi connectivity index (χ4v) is 2.89. The number of carbonyl (C=O) groups is 1. The molecule has 0 spiro atoms. The third-order valence-electron chi connectivity index (χ3n) is 4.11. The lowest BCUT2D eigenvalue weighted by molar-refractivity contribution is 0.0697. The Morgan fingerprint density at radius 1 is 0.923 bits per heavy atom. The average Bonchev–Trinajstić information content (AvgIpc) is 2.61. The fraction of sp³-hybridized carbons (Fsp3) is 0. The van der Waals surface area contributed by atoms with Gasteiger partial charge in [-0.2, -0.15) is 0 Å². The van der Waals surface area contributed by atoms with Gasteiger partial charge in [-0.3, -0.25) is 0 Å². The molecule has 1 aromatic heterocycles. The molecule has 130 valence electrons. The van der Waals surface area contributed by atoms with Gasteiger partial charge in [-0.1, -0.05) is 18.2 Å². The number of aromatic carboxylic acids is 1. The Morgan fingerprint density at radius 2 is 1.62 bits per heavy atom. The van der Waals surface area contributed by atoms with Gasteiger partial charge in [0.15, 0.2) is 0 Å². The van der Waals surface area contributed by atoms with Crippen LogP contribution in [0.2, 0.25) is 0 Å². The van der Waals surface area contributed by atoms with Crippen molar-refractivity contribution in [3.8, 4) is 0 Å². The van der Waals surface area contributed by atoms with Crippen LogP contribution in [0, 0.1) is 0 Å². The van der Waals surface area contributed by atoms with Gasteiger partial charge in [0, 0.05) is 22.1 Å². The molecule has 0 aliphatic rings. The summed E-state index contributed by atoms with van der Waals surface area (Å²) in [6.07, 6.45) is 0. The van der Waals surface area contributed by atoms with E-state index in [0.717, 1.165) is 33.2 Å². The number of hydrogen-bond donors (Lipinski definition) is 3. The van der Waals surface area contributed by atoms with Crippen LogP contribution >= 0.6 is 12.4 Å². The van der Waals surface area contributed by atoms with Gasteiger partial charge in [0.1, 0.15) is 0 Å². The van der Waals surface area contributed by atoms with Crippen molar-refractivity contribution in [1.82, 2.24) is 4.98 Å². The Morgan fingerprint density at radius 3 is 2.35 bits per heavy atom. The van der Waals surface area contributed by atoms with Crippen molar-refractivity contribution in [3.63, 3.8) is 0 Å². The monoisotopic (exact) mass is 365 g/mol. The van der Waals surface area contributed by atoms with Crippen LogP contribution in [0.15, 0.2) is 66.7 Å². The van der Waals surface area contributed by atoms with E-state index in [1.54, 1.807) is 24.3 Å². The molecular weight excluding hydrogens is 350 g/mol. The molecule has 4 rings (SSSR count). The number of para-hydroxylation sites is 1. The maximum atomic E-state index is 11.0. The lowest BCUT2D eigenvalue weighted by atomic mass is 10.1. The largest absolute Gasteiger partial charge is 0.478 e. The van der Waals surface area contributed by atoms with Gasteiger partial charge >= 0.3 is 5.97 Å². The van der Waals surface area contributed by atoms with Gasteiger partial charge in [0.05, 0.1) is 22.3 Å². The van der Waals surface area contributed by atoms with Gasteiger partial charge in [-0.15, -0.1) is 12.4 Å². The number of hydrogen-bond acceptors (Lipinski definition) is 4. The molecule has 0 unspecified atom stereocenters. The predicted molar refractivity (Wildman–Crippen MR) is 108 cm³/mol. The molecule has 26 heavy (non-hydrogen) atoms. The highest BCUT2D eigenvalue weighted by atomic mass is 35.5. The van der Waals surface area contributed by atoms with Crippen molar-refractivity contribution < 1.29 is 9.90 Å². The van der Waals surface area contributed by atoms with Crippen LogP contribution in [0.5, 0.6) is 0 Å². The number of nitrogen functional groups attached to an aromatic ring is 1. The molecule has 0 fully saturated rings. The van der Waals surface area contributed by atoms with E-state index in [9.17, 15) is 4.79 Å². The Bertz CT molecular complexity index is 1110. The Hall–Kier alpha value is -3.31. The topological polar surface area (TPSA) is 88.2 Å². The summed E-state index contributed by atoms with van der Waals surface area (Å²) < 4.78 is 0. The smallest absolute Gasteiger partial charge is 0.335 e. The number of anilines is 3. The first-order valence-corrected chi connectivity index (χ1v) is 7.80. The van der Waals surface area contributed by atoms with E-state index in [2.05, 4.69) is 10.3 Å². The van der Waals surface area contributed by atoms with Crippen LogP contribution in [0.3, 0.4) is 0 Å². The second-order valence-electron chi connectivity index (χ2n) is 5.79. The summed E-state index contributed by atoms with van der Waals surface area (Å²) in [6.45, 7) is 0. The molecule has 0 amide bonds. The standard InChI is InChI=1S/C20H15N3O2.ClH/c21-13-7-10-16-18(11-13)23-17-4-2-1-3-15(17)19(16)22-14-8-5-12(6-9-14)20(24)25;/h1-11H,21H2,(H,22,23)(H,24,25);1H. The maximum absolute atomic E-state index is 11.0. The van der Waals surface area contributed by atoms with Gasteiger partial charge in [0.2, 0.25) is 0 Å². The Kier molecular flexibility index (Phi) is 4.65. The molecule has 0 saturated heterocycles. The minimum atomic E-state index is -0.943. The molecule has 0 bridgehead atoms. The number of nitrogens with one attached hydrogen (secondary N) is 1. The zero-order chi connectivity index (χ0) is 17.4. The number of pyridine rings is 1. The van der Waals surface area contributed by atoms with E-state index in [1.165, 1.54) is 0 Å². The molecule has 1 heterocycles. The van der Waals surface area contributed by atoms with Crippen molar-refractivity contribution >= 4 is 57.2 Å². The SMILES string of the molecule is Cl.Nc1ccc2c(Nc3ccc(C(=O)O)cc3)c3ccccc3nc2c1. The highest BCUT2D eigenvalue weighted by molar-refractivity contribution is 6.09. The van der Waals surface area contributed by atoms with Crippen LogP contribution in [0.25, 0.3) is 21.8 Å². The van der Waals surface area contributed by atoms with Gasteiger partial charge in [-0.25, -0.2) is 9.78 Å². The summed E-state index contributed by atoms with van der Waals surface area (Å²) in [7, 11) is 0. The van der Waals surface area contributed by atoms with E-state index >= 15 is 0 Å². The lowest BCUT2D eigenvalue weighted by Crippen LogP contribution is -1.98. The first-order valence-electron chi connectivity index (χ1n) is 7.80. The summed E-state index contributed by atoms with van der Waals surface area (Å²) in [5.74, 6) is -0.943. The molecular formula is C20H16ClN3O2. The Labute approximate surface area is 155 Å². The number of carboxylic acid groups (broad SMARTS) is 1. The average molecular weight is 366 g/mol. The zero-order valence-corrected chi connectivity index (χ0v) is 14.5. The van der Waals surface area contributed by atoms with E-state index in [1.807, 2.05) is 42.5 Å². The van der Waals surface area contributed by atoms with Crippen molar-refractivity contribution in [1.29, 1.82) is 0 Å². The van der Waals surface area contributed by atoms with Crippen LogP contribution < -0.4 is 11.1 Å². The number of rotatable bonds is 3. The second-order valence-corrected chi connectivity index (χ2v) is 5.79. The van der Waals surface area contributed by atoms with Crippen molar-refractivity contribution in [2.24, 2.45) is 0 Å². The van der Waals surface area contributed by atoms with Crippen LogP contribution in [-0.2, 0) is 0 Å². The number of aromatic nitrogens is 1. The highest BCUT2D eigenvalue weighted by Gasteiger charge is 2.10. The highest BCUT2D eigenvalue weighted by Crippen LogP contribution is 2.33. The van der Waals surface area contributed by atoms with Crippen molar-refractivity contribution in [3.05, 3.63) is 72.3 Å². The summed E-state index contributed by atoms with van der Waals surface area (Å²) in [6, 6.07) is 20.2. The number of nitrogens with two attached hydrogens (primary N) is 1. The first-order chi connectivity index (χ1) is 12.1. The van der Waals surface area contributed by atoms with Gasteiger partial charge in [-0.05, 0) is 48.5 Å². The summed E-state index contributed by atoms with van der Waals surface area (Å²) >= 11 is 0. The fourth-order valence-electron chi connectivity index (χ4n) is 2.89. The minimum absolute atomic E-state index is 0. The summed E-state index contributed by atoms with van der Waals surface area (Å²) in [5, 5.41) is 14.4. The molecule has 6 heteroatoms. The molecule has 0 aliphatic heterocycles.